The third-order valence-electron chi connectivity index (χ3n) is 3.34. The highest BCUT2D eigenvalue weighted by Crippen LogP contribution is 2.33. The normalized spacial score (nSPS) is 15.7. The Bertz CT molecular complexity index is 217. The highest BCUT2D eigenvalue weighted by atomic mass is 28.4. The van der Waals surface area contributed by atoms with Crippen LogP contribution >= 0.6 is 0 Å². The highest BCUT2D eigenvalue weighted by molar-refractivity contribution is 7.01. The summed E-state index contributed by atoms with van der Waals surface area (Å²) in [4.78, 5) is 0. The molecule has 0 aromatic carbocycles. The molecule has 0 aliphatic rings. The molecule has 0 saturated carbocycles. The molecule has 0 N–H and O–H groups in total. The molecule has 0 amide bonds. The van der Waals surface area contributed by atoms with Crippen molar-refractivity contribution in [3.8, 4) is 0 Å². The van der Waals surface area contributed by atoms with Crippen LogP contribution in [0.4, 0.5) is 0 Å². The molecule has 0 aliphatic carbocycles. The van der Waals surface area contributed by atoms with Gasteiger partial charge in [-0.3, -0.25) is 0 Å². The van der Waals surface area contributed by atoms with Crippen LogP contribution in [0.5, 0.6) is 0 Å². The molecule has 0 aromatic rings. The van der Waals surface area contributed by atoms with E-state index in [1.807, 2.05) is 0 Å². The molecule has 5 heteroatoms. The zero-order valence-electron chi connectivity index (χ0n) is 15.0. The highest BCUT2D eigenvalue weighted by Gasteiger charge is 2.49. The topological polar surface area (TPSA) is 3.24 Å². The number of rotatable bonds is 5. The molecule has 0 saturated heterocycles. The first-order valence-corrected chi connectivity index (χ1v) is 21.3. The Morgan fingerprint density at radius 1 is 0.500 bits per heavy atom. The fourth-order valence-electron chi connectivity index (χ4n) is 3.85. The Kier molecular flexibility index (Phi) is 5.56. The molecule has 0 rings (SSSR count). The largest absolute Gasteiger partial charge is 0.348 e. The van der Waals surface area contributed by atoms with Crippen molar-refractivity contribution in [1.82, 2.24) is 4.23 Å². The number of hydrogen-bond acceptors (Lipinski definition) is 1. The maximum Gasteiger partial charge on any atom is 0.112 e. The second kappa shape index (κ2) is 5.31. The molecule has 0 heterocycles. The molecule has 0 aromatic heterocycles. The number of hydrogen-bond donors (Lipinski definition) is 0. The maximum atomic E-state index is 3.11. The average Bonchev–Trinajstić information content (AvgIpc) is 1.89. The van der Waals surface area contributed by atoms with Gasteiger partial charge >= 0.3 is 0 Å². The molecule has 18 heavy (non-hydrogen) atoms. The Labute approximate surface area is 121 Å². The van der Waals surface area contributed by atoms with E-state index in [9.17, 15) is 0 Å². The lowest BCUT2D eigenvalue weighted by molar-refractivity contribution is 0.643. The summed E-state index contributed by atoms with van der Waals surface area (Å²) in [6, 6.07) is 0. The van der Waals surface area contributed by atoms with Gasteiger partial charge in [0.05, 0.1) is 16.1 Å². The molecule has 110 valence electrons. The van der Waals surface area contributed by atoms with Gasteiger partial charge in [-0.05, 0) is 5.29 Å². The van der Waals surface area contributed by atoms with Gasteiger partial charge in [-0.15, -0.1) is 0 Å². The Morgan fingerprint density at radius 3 is 0.778 bits per heavy atom. The first-order valence-electron chi connectivity index (χ1n) is 7.28. The minimum atomic E-state index is -1.24. The molecular formula is C13H37NSi4. The van der Waals surface area contributed by atoms with E-state index >= 15 is 0 Å². The smallest absolute Gasteiger partial charge is 0.112 e. The van der Waals surface area contributed by atoms with Gasteiger partial charge in [0.1, 0.15) is 16.5 Å². The van der Waals surface area contributed by atoms with Crippen LogP contribution in [-0.2, 0) is 0 Å². The first-order chi connectivity index (χ1) is 7.49. The Balaban J connectivity index is 5.84. The van der Waals surface area contributed by atoms with Gasteiger partial charge in [-0.2, -0.15) is 0 Å². The van der Waals surface area contributed by atoms with Gasteiger partial charge in [-0.1, -0.05) is 78.6 Å². The zero-order chi connectivity index (χ0) is 15.2. The van der Waals surface area contributed by atoms with Crippen LogP contribution in [0, 0.1) is 0 Å². The molecule has 0 bridgehead atoms. The van der Waals surface area contributed by atoms with Crippen molar-refractivity contribution < 1.29 is 0 Å². The summed E-state index contributed by atoms with van der Waals surface area (Å²) in [5.74, 6) is 0. The van der Waals surface area contributed by atoms with Gasteiger partial charge in [0, 0.05) is 0 Å². The van der Waals surface area contributed by atoms with E-state index in [1.54, 1.807) is 0 Å². The third-order valence-corrected chi connectivity index (χ3v) is 20.8. The van der Waals surface area contributed by atoms with Crippen LogP contribution in [0.3, 0.4) is 0 Å². The van der Waals surface area contributed by atoms with E-state index in [1.165, 1.54) is 0 Å². The van der Waals surface area contributed by atoms with E-state index in [4.69, 9.17) is 0 Å². The van der Waals surface area contributed by atoms with Crippen molar-refractivity contribution in [2.45, 2.75) is 83.9 Å². The molecule has 0 fully saturated rings. The second-order valence-corrected chi connectivity index (χ2v) is 31.1. The predicted octanol–water partition coefficient (Wildman–Crippen LogP) is 5.08. The van der Waals surface area contributed by atoms with Crippen LogP contribution in [0.1, 0.15) is 0 Å². The summed E-state index contributed by atoms with van der Waals surface area (Å²) in [5, 5.41) is 0.934. The predicted molar refractivity (Wildman–Crippen MR) is 99.0 cm³/mol. The van der Waals surface area contributed by atoms with Gasteiger partial charge in [-0.25, -0.2) is 0 Å². The van der Waals surface area contributed by atoms with Crippen molar-refractivity contribution in [2.75, 3.05) is 0 Å². The summed E-state index contributed by atoms with van der Waals surface area (Å²) in [5.41, 5.74) is 0. The Morgan fingerprint density at radius 2 is 0.722 bits per heavy atom. The number of nitrogens with zero attached hydrogens (tertiary/aromatic N) is 1. The average molecular weight is 320 g/mol. The standard InChI is InChI=1S/C13H37NSi4/c1-15(2,3)13(16(4,5)6)14(17(7,8)9)18(10,11)12/h13H,1-12H3. The summed E-state index contributed by atoms with van der Waals surface area (Å²) in [7, 11) is -4.78. The monoisotopic (exact) mass is 319 g/mol. The van der Waals surface area contributed by atoms with E-state index in [2.05, 4.69) is 82.8 Å². The van der Waals surface area contributed by atoms with Gasteiger partial charge < -0.3 is 4.23 Å². The van der Waals surface area contributed by atoms with Crippen LogP contribution in [0.15, 0.2) is 0 Å². The molecule has 0 aliphatic heterocycles. The van der Waals surface area contributed by atoms with Crippen LogP contribution in [0.2, 0.25) is 78.6 Å². The zero-order valence-corrected chi connectivity index (χ0v) is 19.0. The van der Waals surface area contributed by atoms with Crippen molar-refractivity contribution in [1.29, 1.82) is 0 Å². The lowest BCUT2D eigenvalue weighted by atomic mass is 11.4. The van der Waals surface area contributed by atoms with Crippen molar-refractivity contribution in [3.63, 3.8) is 0 Å². The van der Waals surface area contributed by atoms with E-state index in [0.29, 0.717) is 0 Å². The SMILES string of the molecule is C[Si](C)(C)C(N([Si](C)(C)C)[Si](C)(C)C)[Si](C)(C)C. The minimum Gasteiger partial charge on any atom is -0.348 e. The van der Waals surface area contributed by atoms with E-state index < -0.39 is 32.6 Å². The Hall–Kier alpha value is 0.828. The van der Waals surface area contributed by atoms with Crippen molar-refractivity contribution in [2.24, 2.45) is 0 Å². The lowest BCUT2D eigenvalue weighted by Gasteiger charge is -2.57. The summed E-state index contributed by atoms with van der Waals surface area (Å²) >= 11 is 0. The van der Waals surface area contributed by atoms with Gasteiger partial charge in [0.15, 0.2) is 0 Å². The third kappa shape index (κ3) is 5.07. The van der Waals surface area contributed by atoms with Crippen molar-refractivity contribution in [3.05, 3.63) is 0 Å². The molecule has 0 atom stereocenters. The quantitative estimate of drug-likeness (QED) is 0.639. The van der Waals surface area contributed by atoms with Crippen LogP contribution in [0.25, 0.3) is 0 Å². The summed E-state index contributed by atoms with van der Waals surface area (Å²) in [6.45, 7) is 30.8. The van der Waals surface area contributed by atoms with Crippen LogP contribution < -0.4 is 0 Å². The van der Waals surface area contributed by atoms with Gasteiger partial charge in [0.25, 0.3) is 0 Å². The van der Waals surface area contributed by atoms with Crippen LogP contribution in [-0.4, -0.2) is 42.1 Å². The summed E-state index contributed by atoms with van der Waals surface area (Å²) in [6.07, 6.45) is 0. The maximum absolute atomic E-state index is 3.11. The molecule has 1 nitrogen and oxygen atoms in total. The second-order valence-electron chi connectivity index (χ2n) is 9.85. The minimum absolute atomic E-state index is 0.934. The molecule has 0 unspecified atom stereocenters. The van der Waals surface area contributed by atoms with Gasteiger partial charge in [0.2, 0.25) is 0 Å². The van der Waals surface area contributed by atoms with E-state index in [-0.39, 0.29) is 0 Å². The van der Waals surface area contributed by atoms with E-state index in [0.717, 1.165) is 5.29 Å². The molecular weight excluding hydrogens is 282 g/mol. The molecule has 0 spiro atoms. The fraction of sp³-hybridized carbons (Fsp3) is 1.00. The molecule has 0 radical (unpaired) electrons. The lowest BCUT2D eigenvalue weighted by Crippen LogP contribution is -2.74. The summed E-state index contributed by atoms with van der Waals surface area (Å²) < 4.78 is 3.11. The fourth-order valence-corrected chi connectivity index (χ4v) is 34.7. The van der Waals surface area contributed by atoms with Crippen molar-refractivity contribution >= 4 is 32.6 Å². The first kappa shape index (κ1) is 18.8.